The molecule has 1 N–H and O–H groups in total. The van der Waals surface area contributed by atoms with E-state index in [1.807, 2.05) is 64.1 Å². The molecule has 0 aliphatic rings. The number of benzene rings is 2. The van der Waals surface area contributed by atoms with Gasteiger partial charge < -0.3 is 14.8 Å². The second-order valence-corrected chi connectivity index (χ2v) is 6.99. The van der Waals surface area contributed by atoms with Gasteiger partial charge in [0.1, 0.15) is 11.5 Å². The molecule has 0 aliphatic heterocycles. The van der Waals surface area contributed by atoms with Crippen LogP contribution in [-0.2, 0) is 11.2 Å². The molecular weight excluding hydrogens is 338 g/mol. The van der Waals surface area contributed by atoms with Crippen molar-refractivity contribution in [3.63, 3.8) is 0 Å². The number of carbonyl (C=O) groups is 1. The molecule has 1 atom stereocenters. The Morgan fingerprint density at radius 1 is 1.04 bits per heavy atom. The van der Waals surface area contributed by atoms with E-state index in [2.05, 4.69) is 17.4 Å². The van der Waals surface area contributed by atoms with Crippen molar-refractivity contribution in [1.82, 2.24) is 5.32 Å². The molecular formula is C23H31NO3. The molecule has 0 bridgehead atoms. The van der Waals surface area contributed by atoms with Gasteiger partial charge in [0.15, 0.2) is 6.10 Å². The van der Waals surface area contributed by atoms with Gasteiger partial charge >= 0.3 is 0 Å². The smallest absolute Gasteiger partial charge is 0.261 e. The van der Waals surface area contributed by atoms with Gasteiger partial charge in [-0.2, -0.15) is 0 Å². The second-order valence-electron chi connectivity index (χ2n) is 6.99. The van der Waals surface area contributed by atoms with Crippen molar-refractivity contribution >= 4 is 5.91 Å². The molecule has 0 spiro atoms. The number of hydrogen-bond donors (Lipinski definition) is 1. The molecule has 146 valence electrons. The van der Waals surface area contributed by atoms with E-state index in [1.54, 1.807) is 0 Å². The molecule has 0 aromatic heterocycles. The molecule has 0 saturated heterocycles. The Hall–Kier alpha value is -2.49. The Morgan fingerprint density at radius 3 is 2.37 bits per heavy atom. The summed E-state index contributed by atoms with van der Waals surface area (Å²) in [4.78, 5) is 12.4. The molecule has 2 aromatic rings. The highest BCUT2D eigenvalue weighted by Crippen LogP contribution is 2.19. The molecule has 2 aromatic carbocycles. The van der Waals surface area contributed by atoms with Crippen LogP contribution in [0.2, 0.25) is 0 Å². The Balaban J connectivity index is 1.75. The van der Waals surface area contributed by atoms with Crippen molar-refractivity contribution < 1.29 is 14.3 Å². The zero-order chi connectivity index (χ0) is 19.6. The van der Waals surface area contributed by atoms with Gasteiger partial charge in [-0.05, 0) is 69.4 Å². The Labute approximate surface area is 162 Å². The molecule has 1 unspecified atom stereocenters. The molecule has 4 nitrogen and oxygen atoms in total. The van der Waals surface area contributed by atoms with Gasteiger partial charge in [-0.1, -0.05) is 37.3 Å². The van der Waals surface area contributed by atoms with Crippen molar-refractivity contribution in [2.24, 2.45) is 0 Å². The van der Waals surface area contributed by atoms with E-state index in [9.17, 15) is 4.79 Å². The lowest BCUT2D eigenvalue weighted by molar-refractivity contribution is -0.128. The minimum Gasteiger partial charge on any atom is -0.491 e. The SMILES string of the molecule is CCC(Oc1ccccc1C)C(=O)NCCCc1ccc(OC(C)C)cc1. The fourth-order valence-electron chi connectivity index (χ4n) is 2.79. The summed E-state index contributed by atoms with van der Waals surface area (Å²) in [5, 5.41) is 2.99. The lowest BCUT2D eigenvalue weighted by Gasteiger charge is -2.18. The fraction of sp³-hybridized carbons (Fsp3) is 0.435. The number of nitrogens with one attached hydrogen (secondary N) is 1. The van der Waals surface area contributed by atoms with Crippen molar-refractivity contribution in [2.45, 2.75) is 59.2 Å². The third-order valence-electron chi connectivity index (χ3n) is 4.26. The lowest BCUT2D eigenvalue weighted by Crippen LogP contribution is -2.38. The first-order valence-electron chi connectivity index (χ1n) is 9.75. The van der Waals surface area contributed by atoms with Crippen molar-refractivity contribution in [3.8, 4) is 11.5 Å². The summed E-state index contributed by atoms with van der Waals surface area (Å²) < 4.78 is 11.5. The quantitative estimate of drug-likeness (QED) is 0.618. The molecule has 0 heterocycles. The third kappa shape index (κ3) is 6.97. The van der Waals surface area contributed by atoms with Gasteiger partial charge in [-0.3, -0.25) is 4.79 Å². The maximum Gasteiger partial charge on any atom is 0.261 e. The highest BCUT2D eigenvalue weighted by atomic mass is 16.5. The topological polar surface area (TPSA) is 47.6 Å². The predicted octanol–water partition coefficient (Wildman–Crippen LogP) is 4.69. The van der Waals surface area contributed by atoms with E-state index in [1.165, 1.54) is 5.56 Å². The van der Waals surface area contributed by atoms with Gasteiger partial charge in [-0.15, -0.1) is 0 Å². The first-order chi connectivity index (χ1) is 13.0. The summed E-state index contributed by atoms with van der Waals surface area (Å²) in [6.07, 6.45) is 2.16. The normalized spacial score (nSPS) is 11.9. The van der Waals surface area contributed by atoms with Crippen molar-refractivity contribution in [3.05, 3.63) is 59.7 Å². The largest absolute Gasteiger partial charge is 0.491 e. The van der Waals surface area contributed by atoms with Crippen molar-refractivity contribution in [2.75, 3.05) is 6.54 Å². The standard InChI is InChI=1S/C23H31NO3/c1-5-21(27-22-11-7-6-9-18(22)4)23(25)24-16-8-10-19-12-14-20(15-13-19)26-17(2)3/h6-7,9,11-15,17,21H,5,8,10,16H2,1-4H3,(H,24,25). The van der Waals surface area contributed by atoms with Gasteiger partial charge in [0.2, 0.25) is 0 Å². The van der Waals surface area contributed by atoms with Crippen LogP contribution in [0.25, 0.3) is 0 Å². The van der Waals surface area contributed by atoms with Crippen LogP contribution in [0.3, 0.4) is 0 Å². The van der Waals surface area contributed by atoms with E-state index in [0.29, 0.717) is 13.0 Å². The summed E-state index contributed by atoms with van der Waals surface area (Å²) in [5.74, 6) is 1.60. The first kappa shape index (κ1) is 20.8. The first-order valence-corrected chi connectivity index (χ1v) is 9.75. The third-order valence-corrected chi connectivity index (χ3v) is 4.26. The van der Waals surface area contributed by atoms with Gasteiger partial charge in [0.05, 0.1) is 6.10 Å². The van der Waals surface area contributed by atoms with Crippen LogP contribution in [0.1, 0.15) is 44.7 Å². The number of ether oxygens (including phenoxy) is 2. The maximum absolute atomic E-state index is 12.4. The highest BCUT2D eigenvalue weighted by Gasteiger charge is 2.18. The number of rotatable bonds is 10. The maximum atomic E-state index is 12.4. The number of carbonyl (C=O) groups excluding carboxylic acids is 1. The van der Waals surface area contributed by atoms with Crippen LogP contribution in [0.4, 0.5) is 0 Å². The summed E-state index contributed by atoms with van der Waals surface area (Å²) in [5.41, 5.74) is 2.28. The molecule has 0 radical (unpaired) electrons. The number of para-hydroxylation sites is 1. The van der Waals surface area contributed by atoms with Gasteiger partial charge in [0.25, 0.3) is 5.91 Å². The van der Waals surface area contributed by atoms with E-state index in [4.69, 9.17) is 9.47 Å². The molecule has 27 heavy (non-hydrogen) atoms. The lowest BCUT2D eigenvalue weighted by atomic mass is 10.1. The zero-order valence-corrected chi connectivity index (χ0v) is 16.8. The van der Waals surface area contributed by atoms with Gasteiger partial charge in [-0.25, -0.2) is 0 Å². The molecule has 0 aliphatic carbocycles. The predicted molar refractivity (Wildman–Crippen MR) is 109 cm³/mol. The summed E-state index contributed by atoms with van der Waals surface area (Å²) in [6.45, 7) is 8.61. The zero-order valence-electron chi connectivity index (χ0n) is 16.8. The molecule has 2 rings (SSSR count). The number of amides is 1. The average molecular weight is 370 g/mol. The Morgan fingerprint density at radius 2 is 1.74 bits per heavy atom. The summed E-state index contributed by atoms with van der Waals surface area (Å²) in [6, 6.07) is 15.9. The number of aryl methyl sites for hydroxylation is 2. The average Bonchev–Trinajstić information content (AvgIpc) is 2.65. The van der Waals surface area contributed by atoms with Crippen LogP contribution in [0.5, 0.6) is 11.5 Å². The minimum atomic E-state index is -0.460. The van der Waals surface area contributed by atoms with Gasteiger partial charge in [0, 0.05) is 6.54 Å². The van der Waals surface area contributed by atoms with E-state index in [0.717, 1.165) is 29.9 Å². The van der Waals surface area contributed by atoms with Crippen LogP contribution in [-0.4, -0.2) is 24.7 Å². The van der Waals surface area contributed by atoms with E-state index < -0.39 is 6.10 Å². The molecule has 4 heteroatoms. The highest BCUT2D eigenvalue weighted by molar-refractivity contribution is 5.81. The summed E-state index contributed by atoms with van der Waals surface area (Å²) >= 11 is 0. The molecule has 1 amide bonds. The Bertz CT molecular complexity index is 710. The fourth-order valence-corrected chi connectivity index (χ4v) is 2.79. The van der Waals surface area contributed by atoms with Crippen LogP contribution in [0.15, 0.2) is 48.5 Å². The van der Waals surface area contributed by atoms with Crippen LogP contribution >= 0.6 is 0 Å². The monoisotopic (exact) mass is 369 g/mol. The van der Waals surface area contributed by atoms with Crippen LogP contribution < -0.4 is 14.8 Å². The molecule has 0 saturated carbocycles. The second kappa shape index (κ2) is 10.6. The number of hydrogen-bond acceptors (Lipinski definition) is 3. The Kier molecular flexibility index (Phi) is 8.18. The summed E-state index contributed by atoms with van der Waals surface area (Å²) in [7, 11) is 0. The molecule has 0 fully saturated rings. The van der Waals surface area contributed by atoms with E-state index in [-0.39, 0.29) is 12.0 Å². The van der Waals surface area contributed by atoms with E-state index >= 15 is 0 Å². The van der Waals surface area contributed by atoms with Crippen molar-refractivity contribution in [1.29, 1.82) is 0 Å². The minimum absolute atomic E-state index is 0.0542. The van der Waals surface area contributed by atoms with Crippen LogP contribution in [0, 0.1) is 6.92 Å².